The van der Waals surface area contributed by atoms with E-state index in [9.17, 15) is 14.4 Å². The Labute approximate surface area is 127 Å². The summed E-state index contributed by atoms with van der Waals surface area (Å²) in [5.41, 5.74) is 0.551. The number of carbonyl (C=O) groups excluding carboxylic acids is 3. The number of benzene rings is 1. The van der Waals surface area contributed by atoms with E-state index in [1.165, 1.54) is 27.4 Å². The maximum Gasteiger partial charge on any atom is 0.338 e. The molecule has 0 aromatic heterocycles. The van der Waals surface area contributed by atoms with E-state index in [4.69, 9.17) is 14.2 Å². The second kappa shape index (κ2) is 6.26. The van der Waals surface area contributed by atoms with Crippen molar-refractivity contribution in [3.8, 4) is 0 Å². The van der Waals surface area contributed by atoms with Crippen LogP contribution in [-0.4, -0.2) is 38.9 Å². The van der Waals surface area contributed by atoms with Gasteiger partial charge in [0.25, 0.3) is 0 Å². The largest absolute Gasteiger partial charge is 0.490 e. The minimum Gasteiger partial charge on any atom is -0.490 e. The van der Waals surface area contributed by atoms with Gasteiger partial charge in [0, 0.05) is 17.2 Å². The number of ketones is 2. The van der Waals surface area contributed by atoms with Crippen molar-refractivity contribution in [3.05, 3.63) is 53.0 Å². The monoisotopic (exact) mass is 302 g/mol. The maximum atomic E-state index is 12.5. The van der Waals surface area contributed by atoms with Gasteiger partial charge in [-0.05, 0) is 6.07 Å². The first-order valence-corrected chi connectivity index (χ1v) is 6.35. The summed E-state index contributed by atoms with van der Waals surface area (Å²) >= 11 is 0. The standard InChI is InChI=1S/C16H14O6/c1-20-14-12(17)8-11(13(18)15(14)21-2)9-6-4-5-7-10(9)16(19)22-3/h4-8H,1-3H3. The number of Topliss-reactive ketones (excluding diaryl/α,β-unsaturated/α-hetero) is 1. The first-order valence-electron chi connectivity index (χ1n) is 6.35. The molecule has 1 aliphatic rings. The average molecular weight is 302 g/mol. The molecule has 1 aromatic rings. The molecule has 1 aliphatic carbocycles. The summed E-state index contributed by atoms with van der Waals surface area (Å²) in [6.45, 7) is 0. The second-order valence-corrected chi connectivity index (χ2v) is 4.36. The van der Waals surface area contributed by atoms with E-state index in [1.807, 2.05) is 0 Å². The fourth-order valence-corrected chi connectivity index (χ4v) is 2.18. The van der Waals surface area contributed by atoms with Gasteiger partial charge in [-0.2, -0.15) is 0 Å². The fraction of sp³-hybridized carbons (Fsp3) is 0.188. The van der Waals surface area contributed by atoms with Crippen LogP contribution in [0, 0.1) is 0 Å². The molecule has 0 saturated carbocycles. The van der Waals surface area contributed by atoms with Crippen LogP contribution in [-0.2, 0) is 23.8 Å². The molecule has 0 fully saturated rings. The lowest BCUT2D eigenvalue weighted by molar-refractivity contribution is -0.119. The lowest BCUT2D eigenvalue weighted by Gasteiger charge is -2.18. The third kappa shape index (κ3) is 2.50. The number of esters is 1. The van der Waals surface area contributed by atoms with Gasteiger partial charge in [-0.3, -0.25) is 9.59 Å². The summed E-state index contributed by atoms with van der Waals surface area (Å²) in [6.07, 6.45) is 1.13. The highest BCUT2D eigenvalue weighted by Crippen LogP contribution is 2.29. The van der Waals surface area contributed by atoms with Crippen LogP contribution in [0.5, 0.6) is 0 Å². The summed E-state index contributed by atoms with van der Waals surface area (Å²) in [5, 5.41) is 0. The van der Waals surface area contributed by atoms with Crippen LogP contribution in [0.2, 0.25) is 0 Å². The van der Waals surface area contributed by atoms with Crippen molar-refractivity contribution in [3.63, 3.8) is 0 Å². The molecule has 0 aliphatic heterocycles. The molecule has 0 spiro atoms. The summed E-state index contributed by atoms with van der Waals surface area (Å²) in [4.78, 5) is 36.4. The van der Waals surface area contributed by atoms with E-state index < -0.39 is 17.5 Å². The van der Waals surface area contributed by atoms with Gasteiger partial charge in [0.1, 0.15) is 0 Å². The van der Waals surface area contributed by atoms with Crippen molar-refractivity contribution in [1.82, 2.24) is 0 Å². The Bertz CT molecular complexity index is 711. The summed E-state index contributed by atoms with van der Waals surface area (Å²) in [7, 11) is 3.79. The number of rotatable bonds is 4. The molecular weight excluding hydrogens is 288 g/mol. The zero-order valence-corrected chi connectivity index (χ0v) is 12.3. The van der Waals surface area contributed by atoms with Crippen LogP contribution in [0.1, 0.15) is 15.9 Å². The van der Waals surface area contributed by atoms with Crippen molar-refractivity contribution in [2.45, 2.75) is 0 Å². The predicted octanol–water partition coefficient (Wildman–Crippen LogP) is 1.51. The van der Waals surface area contributed by atoms with Crippen LogP contribution in [0.3, 0.4) is 0 Å². The highest BCUT2D eigenvalue weighted by atomic mass is 16.5. The van der Waals surface area contributed by atoms with Crippen LogP contribution >= 0.6 is 0 Å². The Balaban J connectivity index is 2.59. The molecule has 1 aromatic carbocycles. The molecule has 0 radical (unpaired) electrons. The van der Waals surface area contributed by atoms with E-state index in [2.05, 4.69) is 0 Å². The van der Waals surface area contributed by atoms with E-state index in [1.54, 1.807) is 18.2 Å². The minimum absolute atomic E-state index is 0.0589. The van der Waals surface area contributed by atoms with Gasteiger partial charge in [0.15, 0.2) is 0 Å². The topological polar surface area (TPSA) is 78.9 Å². The quantitative estimate of drug-likeness (QED) is 0.619. The number of hydrogen-bond acceptors (Lipinski definition) is 6. The minimum atomic E-state index is -0.600. The zero-order chi connectivity index (χ0) is 16.3. The normalized spacial score (nSPS) is 14.6. The molecule has 0 amide bonds. The van der Waals surface area contributed by atoms with Crippen molar-refractivity contribution in [1.29, 1.82) is 0 Å². The van der Waals surface area contributed by atoms with E-state index in [-0.39, 0.29) is 22.7 Å². The Morgan fingerprint density at radius 1 is 0.955 bits per heavy atom. The van der Waals surface area contributed by atoms with Gasteiger partial charge in [0.2, 0.25) is 23.1 Å². The average Bonchev–Trinajstić information content (AvgIpc) is 2.55. The highest BCUT2D eigenvalue weighted by Gasteiger charge is 2.33. The molecule has 114 valence electrons. The summed E-state index contributed by atoms with van der Waals surface area (Å²) in [6, 6.07) is 6.37. The number of methoxy groups -OCH3 is 3. The fourth-order valence-electron chi connectivity index (χ4n) is 2.18. The molecule has 22 heavy (non-hydrogen) atoms. The molecule has 0 atom stereocenters. The van der Waals surface area contributed by atoms with Crippen molar-refractivity contribution in [2.75, 3.05) is 21.3 Å². The molecule has 2 rings (SSSR count). The van der Waals surface area contributed by atoms with Crippen LogP contribution in [0.4, 0.5) is 0 Å². The molecule has 0 unspecified atom stereocenters. The first kappa shape index (κ1) is 15.5. The number of ether oxygens (including phenoxy) is 3. The summed E-state index contributed by atoms with van der Waals surface area (Å²) < 4.78 is 14.6. The Kier molecular flexibility index (Phi) is 4.41. The van der Waals surface area contributed by atoms with E-state index in [0.717, 1.165) is 6.08 Å². The third-order valence-corrected chi connectivity index (χ3v) is 3.19. The highest BCUT2D eigenvalue weighted by molar-refractivity contribution is 6.37. The van der Waals surface area contributed by atoms with Gasteiger partial charge < -0.3 is 14.2 Å². The van der Waals surface area contributed by atoms with Gasteiger partial charge >= 0.3 is 5.97 Å². The predicted molar refractivity (Wildman–Crippen MR) is 76.8 cm³/mol. The maximum absolute atomic E-state index is 12.5. The molecule has 0 bridgehead atoms. The first-order chi connectivity index (χ1) is 10.5. The zero-order valence-electron chi connectivity index (χ0n) is 12.3. The Hall–Kier alpha value is -2.89. The van der Waals surface area contributed by atoms with Crippen LogP contribution < -0.4 is 0 Å². The van der Waals surface area contributed by atoms with Gasteiger partial charge in [0.05, 0.1) is 26.9 Å². The van der Waals surface area contributed by atoms with Crippen molar-refractivity contribution in [2.24, 2.45) is 0 Å². The van der Waals surface area contributed by atoms with E-state index >= 15 is 0 Å². The number of allylic oxidation sites excluding steroid dienone is 2. The Morgan fingerprint density at radius 2 is 1.59 bits per heavy atom. The molecular formula is C16H14O6. The van der Waals surface area contributed by atoms with Crippen LogP contribution in [0.25, 0.3) is 5.57 Å². The van der Waals surface area contributed by atoms with Gasteiger partial charge in [-0.25, -0.2) is 4.79 Å². The second-order valence-electron chi connectivity index (χ2n) is 4.36. The molecule has 0 N–H and O–H groups in total. The number of carbonyl (C=O) groups is 3. The van der Waals surface area contributed by atoms with Crippen molar-refractivity contribution >= 4 is 23.1 Å². The molecule has 0 heterocycles. The lowest BCUT2D eigenvalue weighted by Crippen LogP contribution is -2.22. The van der Waals surface area contributed by atoms with Gasteiger partial charge in [-0.15, -0.1) is 0 Å². The smallest absolute Gasteiger partial charge is 0.338 e. The third-order valence-electron chi connectivity index (χ3n) is 3.19. The van der Waals surface area contributed by atoms with Crippen LogP contribution in [0.15, 0.2) is 41.9 Å². The molecule has 6 nitrogen and oxygen atoms in total. The summed E-state index contributed by atoms with van der Waals surface area (Å²) in [5.74, 6) is -1.99. The lowest BCUT2D eigenvalue weighted by atomic mass is 9.91. The Morgan fingerprint density at radius 3 is 2.18 bits per heavy atom. The van der Waals surface area contributed by atoms with Gasteiger partial charge in [-0.1, -0.05) is 18.2 Å². The SMILES string of the molecule is COC(=O)c1ccccc1C1=CC(=O)C(OC)=C(OC)C1=O. The number of hydrogen-bond donors (Lipinski definition) is 0. The van der Waals surface area contributed by atoms with Crippen molar-refractivity contribution < 1.29 is 28.6 Å². The molecule has 6 heteroatoms. The molecule has 0 saturated heterocycles. The van der Waals surface area contributed by atoms with E-state index in [0.29, 0.717) is 5.56 Å².